The lowest BCUT2D eigenvalue weighted by molar-refractivity contribution is -0.115. The number of likely N-dealkylation sites (N-methyl/N-ethyl adjacent to an activating group) is 1. The molecule has 1 heterocycles. The van der Waals surface area contributed by atoms with Crippen LogP contribution >= 0.6 is 0 Å². The number of fused-ring (bicyclic) bond motifs is 1. The highest BCUT2D eigenvalue weighted by Gasteiger charge is 2.23. The van der Waals surface area contributed by atoms with Crippen LogP contribution in [-0.2, 0) is 17.8 Å². The van der Waals surface area contributed by atoms with Crippen molar-refractivity contribution in [3.8, 4) is 0 Å². The van der Waals surface area contributed by atoms with Crippen LogP contribution < -0.4 is 5.32 Å². The molecule has 0 radical (unpaired) electrons. The maximum Gasteiger partial charge on any atom is 0.228 e. The Morgan fingerprint density at radius 1 is 1.44 bits per heavy atom. The number of aliphatic hydroxyl groups is 1. The molecule has 1 amide bonds. The summed E-state index contributed by atoms with van der Waals surface area (Å²) in [6.45, 7) is 4.89. The van der Waals surface area contributed by atoms with Gasteiger partial charge in [-0.2, -0.15) is 0 Å². The van der Waals surface area contributed by atoms with E-state index >= 15 is 0 Å². The third-order valence-electron chi connectivity index (χ3n) is 3.63. The van der Waals surface area contributed by atoms with E-state index < -0.39 is 0 Å². The van der Waals surface area contributed by atoms with Crippen LogP contribution in [0.1, 0.15) is 25.0 Å². The molecule has 1 aliphatic heterocycles. The van der Waals surface area contributed by atoms with Gasteiger partial charge in [-0.05, 0) is 38.1 Å². The second kappa shape index (κ2) is 4.71. The Kier molecular flexibility index (Phi) is 3.41. The predicted octanol–water partition coefficient (Wildman–Crippen LogP) is 1.38. The smallest absolute Gasteiger partial charge is 0.228 e. The zero-order chi connectivity index (χ0) is 13.3. The Balaban J connectivity index is 2.12. The molecule has 0 bridgehead atoms. The van der Waals surface area contributed by atoms with Gasteiger partial charge in [0.2, 0.25) is 5.91 Å². The van der Waals surface area contributed by atoms with Gasteiger partial charge in [-0.1, -0.05) is 12.1 Å². The fourth-order valence-electron chi connectivity index (χ4n) is 1.99. The summed E-state index contributed by atoms with van der Waals surface area (Å²) in [5.74, 6) is 0.0613. The van der Waals surface area contributed by atoms with Gasteiger partial charge in [-0.3, -0.25) is 9.69 Å². The fraction of sp³-hybridized carbons (Fsp3) is 0.500. The number of benzene rings is 1. The standard InChI is InChI=1S/C14H20N2O2/c1-14(2,9-17)16(3)8-10-4-5-12-11(6-10)7-13(18)15-12/h4-6,17H,7-9H2,1-3H3,(H,15,18). The molecule has 0 aliphatic carbocycles. The number of anilines is 1. The Labute approximate surface area is 108 Å². The van der Waals surface area contributed by atoms with E-state index in [1.165, 1.54) is 0 Å². The van der Waals surface area contributed by atoms with Crippen molar-refractivity contribution in [3.63, 3.8) is 0 Å². The van der Waals surface area contributed by atoms with E-state index in [0.717, 1.165) is 23.4 Å². The van der Waals surface area contributed by atoms with Crippen LogP contribution in [0, 0.1) is 0 Å². The van der Waals surface area contributed by atoms with Gasteiger partial charge in [-0.25, -0.2) is 0 Å². The molecular formula is C14H20N2O2. The van der Waals surface area contributed by atoms with Crippen LogP contribution in [0.25, 0.3) is 0 Å². The minimum Gasteiger partial charge on any atom is -0.394 e. The average Bonchev–Trinajstić information content (AvgIpc) is 2.68. The Morgan fingerprint density at radius 2 is 2.17 bits per heavy atom. The molecule has 1 aromatic rings. The van der Waals surface area contributed by atoms with E-state index in [4.69, 9.17) is 0 Å². The van der Waals surface area contributed by atoms with E-state index in [1.54, 1.807) is 0 Å². The van der Waals surface area contributed by atoms with E-state index in [0.29, 0.717) is 6.42 Å². The molecule has 4 nitrogen and oxygen atoms in total. The van der Waals surface area contributed by atoms with Crippen molar-refractivity contribution in [2.75, 3.05) is 19.0 Å². The molecule has 2 rings (SSSR count). The number of nitrogens with one attached hydrogen (secondary N) is 1. The molecular weight excluding hydrogens is 228 g/mol. The minimum absolute atomic E-state index is 0.0613. The predicted molar refractivity (Wildman–Crippen MR) is 71.4 cm³/mol. The highest BCUT2D eigenvalue weighted by atomic mass is 16.3. The van der Waals surface area contributed by atoms with Gasteiger partial charge in [0.1, 0.15) is 0 Å². The fourth-order valence-corrected chi connectivity index (χ4v) is 1.99. The van der Waals surface area contributed by atoms with Gasteiger partial charge < -0.3 is 10.4 Å². The molecule has 0 aromatic heterocycles. The maximum atomic E-state index is 11.3. The van der Waals surface area contributed by atoms with Crippen molar-refractivity contribution >= 4 is 11.6 Å². The van der Waals surface area contributed by atoms with Crippen LogP contribution in [0.5, 0.6) is 0 Å². The van der Waals surface area contributed by atoms with Gasteiger partial charge >= 0.3 is 0 Å². The van der Waals surface area contributed by atoms with Crippen LogP contribution in [-0.4, -0.2) is 35.1 Å². The first-order valence-electron chi connectivity index (χ1n) is 6.16. The lowest BCUT2D eigenvalue weighted by Gasteiger charge is -2.34. The third-order valence-corrected chi connectivity index (χ3v) is 3.63. The van der Waals surface area contributed by atoms with Gasteiger partial charge in [0.15, 0.2) is 0 Å². The van der Waals surface area contributed by atoms with Crippen LogP contribution in [0.15, 0.2) is 18.2 Å². The van der Waals surface area contributed by atoms with Gasteiger partial charge in [0.25, 0.3) is 0 Å². The number of nitrogens with zero attached hydrogens (tertiary/aromatic N) is 1. The van der Waals surface area contributed by atoms with Crippen molar-refractivity contribution in [2.45, 2.75) is 32.4 Å². The van der Waals surface area contributed by atoms with Crippen molar-refractivity contribution in [1.82, 2.24) is 4.90 Å². The quantitative estimate of drug-likeness (QED) is 0.846. The summed E-state index contributed by atoms with van der Waals surface area (Å²) in [5, 5.41) is 12.2. The monoisotopic (exact) mass is 248 g/mol. The van der Waals surface area contributed by atoms with E-state index in [2.05, 4.69) is 16.3 Å². The number of carbonyl (C=O) groups is 1. The molecule has 0 atom stereocenters. The molecule has 98 valence electrons. The Morgan fingerprint density at radius 3 is 2.83 bits per heavy atom. The van der Waals surface area contributed by atoms with Crippen molar-refractivity contribution in [2.24, 2.45) is 0 Å². The minimum atomic E-state index is -0.243. The molecule has 1 aliphatic rings. The van der Waals surface area contributed by atoms with Gasteiger partial charge in [-0.15, -0.1) is 0 Å². The Bertz CT molecular complexity index is 469. The zero-order valence-electron chi connectivity index (χ0n) is 11.2. The van der Waals surface area contributed by atoms with Gasteiger partial charge in [0.05, 0.1) is 13.0 Å². The van der Waals surface area contributed by atoms with Crippen LogP contribution in [0.4, 0.5) is 5.69 Å². The van der Waals surface area contributed by atoms with Crippen LogP contribution in [0.3, 0.4) is 0 Å². The average molecular weight is 248 g/mol. The normalized spacial score (nSPS) is 14.8. The SMILES string of the molecule is CN(Cc1ccc2c(c1)CC(=O)N2)C(C)(C)CO. The third kappa shape index (κ3) is 2.54. The molecule has 0 saturated carbocycles. The first-order chi connectivity index (χ1) is 8.42. The first-order valence-corrected chi connectivity index (χ1v) is 6.16. The summed E-state index contributed by atoms with van der Waals surface area (Å²) in [7, 11) is 1.99. The van der Waals surface area contributed by atoms with E-state index in [-0.39, 0.29) is 18.1 Å². The summed E-state index contributed by atoms with van der Waals surface area (Å²) in [5.41, 5.74) is 2.90. The van der Waals surface area contributed by atoms with E-state index in [9.17, 15) is 9.90 Å². The molecule has 0 saturated heterocycles. The van der Waals surface area contributed by atoms with Crippen LogP contribution in [0.2, 0.25) is 0 Å². The summed E-state index contributed by atoms with van der Waals surface area (Å²) in [4.78, 5) is 13.4. The largest absolute Gasteiger partial charge is 0.394 e. The second-order valence-electron chi connectivity index (χ2n) is 5.54. The van der Waals surface area contributed by atoms with Crippen molar-refractivity contribution < 1.29 is 9.90 Å². The number of aliphatic hydroxyl groups excluding tert-OH is 1. The lowest BCUT2D eigenvalue weighted by atomic mass is 10.0. The molecule has 18 heavy (non-hydrogen) atoms. The summed E-state index contributed by atoms with van der Waals surface area (Å²) < 4.78 is 0. The number of rotatable bonds is 4. The second-order valence-corrected chi connectivity index (χ2v) is 5.54. The topological polar surface area (TPSA) is 52.6 Å². The molecule has 4 heteroatoms. The zero-order valence-corrected chi connectivity index (χ0v) is 11.2. The number of amides is 1. The highest BCUT2D eigenvalue weighted by molar-refractivity contribution is 5.99. The van der Waals surface area contributed by atoms with Gasteiger partial charge in [0, 0.05) is 17.8 Å². The number of hydrogen-bond acceptors (Lipinski definition) is 3. The lowest BCUT2D eigenvalue weighted by Crippen LogP contribution is -2.43. The van der Waals surface area contributed by atoms with Crippen molar-refractivity contribution in [3.05, 3.63) is 29.3 Å². The summed E-state index contributed by atoms with van der Waals surface area (Å²) >= 11 is 0. The van der Waals surface area contributed by atoms with Crippen molar-refractivity contribution in [1.29, 1.82) is 0 Å². The Hall–Kier alpha value is -1.39. The maximum absolute atomic E-state index is 11.3. The summed E-state index contributed by atoms with van der Waals surface area (Å²) in [6, 6.07) is 6.04. The molecule has 1 aromatic carbocycles. The first kappa shape index (κ1) is 13.1. The van der Waals surface area contributed by atoms with E-state index in [1.807, 2.05) is 33.0 Å². The molecule has 2 N–H and O–H groups in total. The number of hydrogen-bond donors (Lipinski definition) is 2. The molecule has 0 spiro atoms. The number of carbonyl (C=O) groups excluding carboxylic acids is 1. The molecule has 0 fully saturated rings. The molecule has 0 unspecified atom stereocenters. The summed E-state index contributed by atoms with van der Waals surface area (Å²) in [6.07, 6.45) is 0.469. The highest BCUT2D eigenvalue weighted by Crippen LogP contribution is 2.25.